The molecule has 4 heteroatoms. The number of aromatic nitrogens is 1. The topological polar surface area (TPSA) is 42.0 Å². The molecule has 0 unspecified atom stereocenters. The van der Waals surface area contributed by atoms with Gasteiger partial charge in [0.25, 0.3) is 0 Å². The number of carbonyl (C=O) groups excluding carboxylic acids is 1. The Morgan fingerprint density at radius 3 is 2.68 bits per heavy atom. The SMILES string of the molecule is CCC(CC)C(=O)Nc1nc2ccccc2cc1Cl. The summed E-state index contributed by atoms with van der Waals surface area (Å²) in [6.07, 6.45) is 1.63. The van der Waals surface area contributed by atoms with E-state index in [1.54, 1.807) is 0 Å². The Morgan fingerprint density at radius 2 is 2.00 bits per heavy atom. The van der Waals surface area contributed by atoms with Gasteiger partial charge in [0.05, 0.1) is 10.5 Å². The maximum absolute atomic E-state index is 12.1. The lowest BCUT2D eigenvalue weighted by Crippen LogP contribution is -2.22. The van der Waals surface area contributed by atoms with E-state index < -0.39 is 0 Å². The Balaban J connectivity index is 2.30. The van der Waals surface area contributed by atoms with Gasteiger partial charge >= 0.3 is 0 Å². The van der Waals surface area contributed by atoms with Crippen LogP contribution in [0.2, 0.25) is 5.02 Å². The number of benzene rings is 1. The Morgan fingerprint density at radius 1 is 1.32 bits per heavy atom. The van der Waals surface area contributed by atoms with Gasteiger partial charge in [0.1, 0.15) is 0 Å². The zero-order valence-corrected chi connectivity index (χ0v) is 11.9. The van der Waals surface area contributed by atoms with Crippen LogP contribution < -0.4 is 5.32 Å². The van der Waals surface area contributed by atoms with Crippen LogP contribution >= 0.6 is 11.6 Å². The number of hydrogen-bond donors (Lipinski definition) is 1. The van der Waals surface area contributed by atoms with Crippen molar-refractivity contribution < 1.29 is 4.79 Å². The molecule has 1 N–H and O–H groups in total. The Hall–Kier alpha value is -1.61. The molecular weight excluding hydrogens is 260 g/mol. The molecule has 2 rings (SSSR count). The van der Waals surface area contributed by atoms with Gasteiger partial charge in [0.15, 0.2) is 5.82 Å². The summed E-state index contributed by atoms with van der Waals surface area (Å²) in [5.41, 5.74) is 0.826. The van der Waals surface area contributed by atoms with E-state index >= 15 is 0 Å². The lowest BCUT2D eigenvalue weighted by atomic mass is 10.0. The molecule has 1 amide bonds. The largest absolute Gasteiger partial charge is 0.309 e. The highest BCUT2D eigenvalue weighted by Crippen LogP contribution is 2.25. The highest BCUT2D eigenvalue weighted by atomic mass is 35.5. The molecule has 0 bridgehead atoms. The summed E-state index contributed by atoms with van der Waals surface area (Å²) in [6, 6.07) is 9.52. The minimum Gasteiger partial charge on any atom is -0.309 e. The molecule has 0 aliphatic rings. The minimum absolute atomic E-state index is 0.00402. The van der Waals surface area contributed by atoms with Crippen LogP contribution in [-0.2, 0) is 4.79 Å². The molecule has 1 aromatic carbocycles. The van der Waals surface area contributed by atoms with Crippen molar-refractivity contribution >= 4 is 34.2 Å². The second-order valence-electron chi connectivity index (χ2n) is 4.51. The zero-order chi connectivity index (χ0) is 13.8. The summed E-state index contributed by atoms with van der Waals surface area (Å²) in [5.74, 6) is 0.427. The van der Waals surface area contributed by atoms with Crippen LogP contribution in [0.5, 0.6) is 0 Å². The molecule has 0 fully saturated rings. The molecule has 3 nitrogen and oxygen atoms in total. The van der Waals surface area contributed by atoms with Gasteiger partial charge in [-0.3, -0.25) is 4.79 Å². The van der Waals surface area contributed by atoms with Gasteiger partial charge in [-0.05, 0) is 25.0 Å². The lowest BCUT2D eigenvalue weighted by molar-refractivity contribution is -0.120. The fourth-order valence-electron chi connectivity index (χ4n) is 2.06. The highest BCUT2D eigenvalue weighted by Gasteiger charge is 2.16. The Bertz CT molecular complexity index is 594. The van der Waals surface area contributed by atoms with E-state index in [0.717, 1.165) is 23.7 Å². The van der Waals surface area contributed by atoms with Crippen molar-refractivity contribution in [3.8, 4) is 0 Å². The number of pyridine rings is 1. The number of hydrogen-bond acceptors (Lipinski definition) is 2. The molecule has 0 radical (unpaired) electrons. The van der Waals surface area contributed by atoms with Gasteiger partial charge in [-0.15, -0.1) is 0 Å². The van der Waals surface area contributed by atoms with Crippen LogP contribution in [0.4, 0.5) is 5.82 Å². The molecular formula is C15H17ClN2O. The molecule has 0 saturated heterocycles. The van der Waals surface area contributed by atoms with Crippen LogP contribution in [0.3, 0.4) is 0 Å². The first-order valence-corrected chi connectivity index (χ1v) is 6.89. The second-order valence-corrected chi connectivity index (χ2v) is 4.92. The molecule has 0 spiro atoms. The molecule has 19 heavy (non-hydrogen) atoms. The van der Waals surface area contributed by atoms with Gasteiger partial charge in [0, 0.05) is 11.3 Å². The molecule has 0 atom stereocenters. The number of carbonyl (C=O) groups is 1. The second kappa shape index (κ2) is 6.02. The average Bonchev–Trinajstić information content (AvgIpc) is 2.41. The summed E-state index contributed by atoms with van der Waals surface area (Å²) in [4.78, 5) is 16.5. The zero-order valence-electron chi connectivity index (χ0n) is 11.1. The van der Waals surface area contributed by atoms with E-state index in [1.165, 1.54) is 0 Å². The Kier molecular flexibility index (Phi) is 4.38. The van der Waals surface area contributed by atoms with Crippen LogP contribution in [0, 0.1) is 5.92 Å². The summed E-state index contributed by atoms with van der Waals surface area (Å²) < 4.78 is 0. The quantitative estimate of drug-likeness (QED) is 0.906. The number of para-hydroxylation sites is 1. The maximum atomic E-state index is 12.1. The maximum Gasteiger partial charge on any atom is 0.228 e. The van der Waals surface area contributed by atoms with E-state index in [9.17, 15) is 4.79 Å². The first kappa shape index (κ1) is 13.8. The number of halogens is 1. The number of nitrogens with one attached hydrogen (secondary N) is 1. The predicted molar refractivity (Wildman–Crippen MR) is 79.5 cm³/mol. The number of amides is 1. The Labute approximate surface area is 118 Å². The van der Waals surface area contributed by atoms with Gasteiger partial charge in [-0.1, -0.05) is 43.6 Å². The fourth-order valence-corrected chi connectivity index (χ4v) is 2.26. The number of anilines is 1. The summed E-state index contributed by atoms with van der Waals surface area (Å²) in [6.45, 7) is 4.01. The van der Waals surface area contributed by atoms with Crippen molar-refractivity contribution in [1.29, 1.82) is 0 Å². The smallest absolute Gasteiger partial charge is 0.228 e. The third-order valence-electron chi connectivity index (χ3n) is 3.28. The summed E-state index contributed by atoms with van der Waals surface area (Å²) >= 11 is 6.16. The lowest BCUT2D eigenvalue weighted by Gasteiger charge is -2.13. The molecule has 0 saturated carbocycles. The monoisotopic (exact) mass is 276 g/mol. The molecule has 1 heterocycles. The third-order valence-corrected chi connectivity index (χ3v) is 3.56. The first-order valence-electron chi connectivity index (χ1n) is 6.51. The number of nitrogens with zero attached hydrogens (tertiary/aromatic N) is 1. The van der Waals surface area contributed by atoms with Crippen LogP contribution in [-0.4, -0.2) is 10.9 Å². The standard InChI is InChI=1S/C15H17ClN2O/c1-3-10(4-2)15(19)18-14-12(16)9-11-7-5-6-8-13(11)17-14/h5-10H,3-4H2,1-2H3,(H,17,18,19). The van der Waals surface area contributed by atoms with E-state index in [1.807, 2.05) is 44.2 Å². The van der Waals surface area contributed by atoms with Gasteiger partial charge in [0.2, 0.25) is 5.91 Å². The van der Waals surface area contributed by atoms with E-state index in [4.69, 9.17) is 11.6 Å². The molecule has 100 valence electrons. The third kappa shape index (κ3) is 3.04. The van der Waals surface area contributed by atoms with Crippen LogP contribution in [0.25, 0.3) is 10.9 Å². The van der Waals surface area contributed by atoms with E-state index in [-0.39, 0.29) is 11.8 Å². The van der Waals surface area contributed by atoms with Gasteiger partial charge in [-0.25, -0.2) is 4.98 Å². The van der Waals surface area contributed by atoms with Crippen molar-refractivity contribution in [3.63, 3.8) is 0 Å². The van der Waals surface area contributed by atoms with Crippen molar-refractivity contribution in [2.45, 2.75) is 26.7 Å². The molecule has 0 aliphatic heterocycles. The molecule has 1 aromatic heterocycles. The van der Waals surface area contributed by atoms with Crippen molar-refractivity contribution in [1.82, 2.24) is 4.98 Å². The van der Waals surface area contributed by atoms with Crippen LogP contribution in [0.1, 0.15) is 26.7 Å². The van der Waals surface area contributed by atoms with Crippen molar-refractivity contribution in [2.24, 2.45) is 5.92 Å². The predicted octanol–water partition coefficient (Wildman–Crippen LogP) is 4.26. The normalized spacial score (nSPS) is 10.9. The summed E-state index contributed by atoms with van der Waals surface area (Å²) in [5, 5.41) is 4.26. The van der Waals surface area contributed by atoms with Crippen LogP contribution in [0.15, 0.2) is 30.3 Å². The first-order chi connectivity index (χ1) is 9.15. The molecule has 2 aromatic rings. The van der Waals surface area contributed by atoms with Crippen molar-refractivity contribution in [2.75, 3.05) is 5.32 Å². The average molecular weight is 277 g/mol. The van der Waals surface area contributed by atoms with Gasteiger partial charge in [-0.2, -0.15) is 0 Å². The van der Waals surface area contributed by atoms with Gasteiger partial charge < -0.3 is 5.32 Å². The van der Waals surface area contributed by atoms with E-state index in [2.05, 4.69) is 10.3 Å². The minimum atomic E-state index is -0.0188. The highest BCUT2D eigenvalue weighted by molar-refractivity contribution is 6.34. The van der Waals surface area contributed by atoms with E-state index in [0.29, 0.717) is 10.8 Å². The number of fused-ring (bicyclic) bond motifs is 1. The number of rotatable bonds is 4. The fraction of sp³-hybridized carbons (Fsp3) is 0.333. The summed E-state index contributed by atoms with van der Waals surface area (Å²) in [7, 11) is 0. The molecule has 0 aliphatic carbocycles. The van der Waals surface area contributed by atoms with Crippen molar-refractivity contribution in [3.05, 3.63) is 35.4 Å².